The Morgan fingerprint density at radius 1 is 1.33 bits per heavy atom. The summed E-state index contributed by atoms with van der Waals surface area (Å²) in [5.41, 5.74) is 0. The molecule has 0 atom stereocenters. The van der Waals surface area contributed by atoms with Crippen LogP contribution in [0.4, 0.5) is 0 Å². The molecule has 0 bridgehead atoms. The number of hydrogen-bond donors (Lipinski definition) is 1. The second-order valence-electron chi connectivity index (χ2n) is 3.70. The van der Waals surface area contributed by atoms with Gasteiger partial charge in [-0.1, -0.05) is 18.2 Å². The number of rotatable bonds is 6. The number of benzene rings is 1. The summed E-state index contributed by atoms with van der Waals surface area (Å²) < 4.78 is 0. The number of carbonyl (C=O) groups excluding carboxylic acids is 1. The molecule has 0 saturated heterocycles. The van der Waals surface area contributed by atoms with Crippen LogP contribution in [-0.2, 0) is 11.2 Å². The fourth-order valence-corrected chi connectivity index (χ4v) is 2.89. The molecule has 0 aliphatic carbocycles. The summed E-state index contributed by atoms with van der Waals surface area (Å²) in [5.74, 6) is 0.554. The zero-order valence-electron chi connectivity index (χ0n) is 9.89. The minimum atomic E-state index is 0.0874. The maximum Gasteiger partial charge on any atom is 0.230 e. The van der Waals surface area contributed by atoms with Crippen LogP contribution in [0.3, 0.4) is 0 Å². The van der Waals surface area contributed by atoms with Gasteiger partial charge in [0.05, 0.1) is 5.75 Å². The van der Waals surface area contributed by atoms with Crippen molar-refractivity contribution in [2.24, 2.45) is 0 Å². The molecule has 2 rings (SSSR count). The Morgan fingerprint density at radius 3 is 2.89 bits per heavy atom. The highest BCUT2D eigenvalue weighted by atomic mass is 32.2. The van der Waals surface area contributed by atoms with Crippen LogP contribution in [0, 0.1) is 6.07 Å². The van der Waals surface area contributed by atoms with Crippen LogP contribution < -0.4 is 5.32 Å². The van der Waals surface area contributed by atoms with Crippen molar-refractivity contribution in [1.29, 1.82) is 0 Å². The lowest BCUT2D eigenvalue weighted by molar-refractivity contribution is -0.118. The predicted molar refractivity (Wildman–Crippen MR) is 77.0 cm³/mol. The third-order valence-electron chi connectivity index (χ3n) is 2.33. The summed E-state index contributed by atoms with van der Waals surface area (Å²) in [6.45, 7) is 0.711. The van der Waals surface area contributed by atoms with E-state index in [1.54, 1.807) is 23.1 Å². The Morgan fingerprint density at radius 2 is 2.17 bits per heavy atom. The normalized spacial score (nSPS) is 10.2. The number of amides is 1. The quantitative estimate of drug-likeness (QED) is 0.822. The van der Waals surface area contributed by atoms with Crippen LogP contribution >= 0.6 is 23.1 Å². The summed E-state index contributed by atoms with van der Waals surface area (Å²) in [6.07, 6.45) is 0.911. The van der Waals surface area contributed by atoms with Gasteiger partial charge in [0.15, 0.2) is 0 Å². The molecule has 1 radical (unpaired) electrons. The van der Waals surface area contributed by atoms with Gasteiger partial charge >= 0.3 is 0 Å². The molecule has 0 aliphatic rings. The van der Waals surface area contributed by atoms with Gasteiger partial charge in [-0.25, -0.2) is 0 Å². The van der Waals surface area contributed by atoms with Crippen LogP contribution in [0.25, 0.3) is 0 Å². The predicted octanol–water partition coefficient (Wildman–Crippen LogP) is 3.00. The highest BCUT2D eigenvalue weighted by Crippen LogP contribution is 2.16. The lowest BCUT2D eigenvalue weighted by Crippen LogP contribution is -2.27. The monoisotopic (exact) mass is 276 g/mol. The molecule has 0 saturated carbocycles. The first-order valence-corrected chi connectivity index (χ1v) is 7.59. The van der Waals surface area contributed by atoms with E-state index in [-0.39, 0.29) is 5.91 Å². The summed E-state index contributed by atoms with van der Waals surface area (Å²) in [6, 6.07) is 14.7. The van der Waals surface area contributed by atoms with Crippen molar-refractivity contribution in [3.05, 3.63) is 52.7 Å². The van der Waals surface area contributed by atoms with Crippen LogP contribution in [0.1, 0.15) is 4.88 Å². The molecule has 0 fully saturated rings. The number of hydrogen-bond acceptors (Lipinski definition) is 3. The van der Waals surface area contributed by atoms with Crippen molar-refractivity contribution in [2.75, 3.05) is 12.3 Å². The molecule has 1 heterocycles. The van der Waals surface area contributed by atoms with Crippen molar-refractivity contribution < 1.29 is 4.79 Å². The van der Waals surface area contributed by atoms with E-state index in [4.69, 9.17) is 0 Å². The van der Waals surface area contributed by atoms with Gasteiger partial charge in [0.25, 0.3) is 0 Å². The SMILES string of the molecule is O=C(CSc1cc[c]cc1)NCCc1cccs1. The van der Waals surface area contributed by atoms with Gasteiger partial charge in [-0.3, -0.25) is 4.79 Å². The fraction of sp³-hybridized carbons (Fsp3) is 0.214. The van der Waals surface area contributed by atoms with E-state index >= 15 is 0 Å². The van der Waals surface area contributed by atoms with Crippen molar-refractivity contribution in [3.8, 4) is 0 Å². The van der Waals surface area contributed by atoms with E-state index in [1.807, 2.05) is 30.3 Å². The Hall–Kier alpha value is -1.26. The van der Waals surface area contributed by atoms with Crippen LogP contribution in [0.5, 0.6) is 0 Å². The second kappa shape index (κ2) is 7.24. The highest BCUT2D eigenvalue weighted by Gasteiger charge is 2.02. The average molecular weight is 276 g/mol. The summed E-state index contributed by atoms with van der Waals surface area (Å²) in [4.78, 5) is 14.0. The maximum absolute atomic E-state index is 11.6. The molecule has 4 heteroatoms. The molecule has 18 heavy (non-hydrogen) atoms. The van der Waals surface area contributed by atoms with Crippen LogP contribution in [0.2, 0.25) is 0 Å². The number of thioether (sulfide) groups is 1. The Balaban J connectivity index is 1.63. The van der Waals surface area contributed by atoms with Gasteiger partial charge in [-0.05, 0) is 36.1 Å². The summed E-state index contributed by atoms with van der Waals surface area (Å²) in [7, 11) is 0. The molecule has 0 spiro atoms. The Labute approximate surface area is 115 Å². The highest BCUT2D eigenvalue weighted by molar-refractivity contribution is 8.00. The third kappa shape index (κ3) is 4.55. The van der Waals surface area contributed by atoms with Crippen LogP contribution in [0.15, 0.2) is 46.7 Å². The lowest BCUT2D eigenvalue weighted by atomic mass is 10.3. The molecule has 0 aliphatic heterocycles. The molecule has 1 N–H and O–H groups in total. The van der Waals surface area contributed by atoms with E-state index < -0.39 is 0 Å². The Kier molecular flexibility index (Phi) is 5.30. The van der Waals surface area contributed by atoms with Crippen molar-refractivity contribution >= 4 is 29.0 Å². The van der Waals surface area contributed by atoms with Gasteiger partial charge in [-0.15, -0.1) is 23.1 Å². The maximum atomic E-state index is 11.6. The lowest BCUT2D eigenvalue weighted by Gasteiger charge is -2.04. The topological polar surface area (TPSA) is 29.1 Å². The molecule has 2 nitrogen and oxygen atoms in total. The molecular formula is C14H14NOS2. The Bertz CT molecular complexity index is 468. The van der Waals surface area contributed by atoms with E-state index in [1.165, 1.54) is 4.88 Å². The minimum absolute atomic E-state index is 0.0874. The average Bonchev–Trinajstić information content (AvgIpc) is 2.91. The molecule has 1 amide bonds. The van der Waals surface area contributed by atoms with Gasteiger partial charge in [0.1, 0.15) is 0 Å². The zero-order valence-corrected chi connectivity index (χ0v) is 11.5. The number of nitrogens with one attached hydrogen (secondary N) is 1. The van der Waals surface area contributed by atoms with Gasteiger partial charge in [0, 0.05) is 16.3 Å². The molecule has 1 aromatic carbocycles. The minimum Gasteiger partial charge on any atom is -0.355 e. The molecule has 2 aromatic rings. The van der Waals surface area contributed by atoms with E-state index in [9.17, 15) is 4.79 Å². The standard InChI is InChI=1S/C14H14NOS2/c16-14(11-18-12-5-2-1-3-6-12)15-9-8-13-7-4-10-17-13/h2-7,10H,8-9,11H2,(H,15,16). The van der Waals surface area contributed by atoms with E-state index in [0.717, 1.165) is 11.3 Å². The first-order chi connectivity index (χ1) is 8.84. The first kappa shape index (κ1) is 13.2. The summed E-state index contributed by atoms with van der Waals surface area (Å²) in [5, 5.41) is 4.99. The van der Waals surface area contributed by atoms with Gasteiger partial charge in [-0.2, -0.15) is 0 Å². The molecular weight excluding hydrogens is 262 g/mol. The van der Waals surface area contributed by atoms with Crippen LogP contribution in [-0.4, -0.2) is 18.2 Å². The molecule has 93 valence electrons. The van der Waals surface area contributed by atoms with Crippen molar-refractivity contribution in [1.82, 2.24) is 5.32 Å². The zero-order chi connectivity index (χ0) is 12.6. The van der Waals surface area contributed by atoms with E-state index in [0.29, 0.717) is 12.3 Å². The van der Waals surface area contributed by atoms with Gasteiger partial charge < -0.3 is 5.32 Å². The van der Waals surface area contributed by atoms with Crippen molar-refractivity contribution in [2.45, 2.75) is 11.3 Å². The molecule has 1 aromatic heterocycles. The van der Waals surface area contributed by atoms with E-state index in [2.05, 4.69) is 22.8 Å². The number of thiophene rings is 1. The number of carbonyl (C=O) groups is 1. The largest absolute Gasteiger partial charge is 0.355 e. The third-order valence-corrected chi connectivity index (χ3v) is 4.28. The summed E-state index contributed by atoms with van der Waals surface area (Å²) >= 11 is 3.27. The molecule has 0 unspecified atom stereocenters. The smallest absolute Gasteiger partial charge is 0.230 e. The van der Waals surface area contributed by atoms with Crippen molar-refractivity contribution in [3.63, 3.8) is 0 Å². The van der Waals surface area contributed by atoms with Gasteiger partial charge in [0.2, 0.25) is 5.91 Å². The second-order valence-corrected chi connectivity index (χ2v) is 5.78. The fourth-order valence-electron chi connectivity index (χ4n) is 1.45. The first-order valence-electron chi connectivity index (χ1n) is 5.72.